The molecule has 0 saturated carbocycles. The summed E-state index contributed by atoms with van der Waals surface area (Å²) in [4.78, 5) is 14.2. The van der Waals surface area contributed by atoms with Gasteiger partial charge < -0.3 is 19.7 Å². The number of carbonyl (C=O) groups is 1. The molecule has 1 saturated heterocycles. The first-order valence-electron chi connectivity index (χ1n) is 10.3. The lowest BCUT2D eigenvalue weighted by molar-refractivity contribution is -0.123. The van der Waals surface area contributed by atoms with Crippen molar-refractivity contribution in [1.82, 2.24) is 9.62 Å². The molecule has 0 bridgehead atoms. The Morgan fingerprint density at radius 3 is 2.29 bits per heavy atom. The van der Waals surface area contributed by atoms with Gasteiger partial charge in [-0.1, -0.05) is 30.3 Å². The normalized spacial score (nSPS) is 14.8. The van der Waals surface area contributed by atoms with E-state index in [4.69, 9.17) is 9.47 Å². The maximum absolute atomic E-state index is 12.6. The van der Waals surface area contributed by atoms with Gasteiger partial charge in [-0.2, -0.15) is 4.31 Å². The SMILES string of the molecule is COc1ccccc1OCC(=O)NCCCS(=O)(=O)N1CCN(c2ccccc2)CC1. The Bertz CT molecular complexity index is 945. The number of rotatable bonds is 10. The molecule has 0 radical (unpaired) electrons. The molecule has 0 unspecified atom stereocenters. The standard InChI is InChI=1S/C22H29N3O5S/c1-29-20-10-5-6-11-21(20)30-18-22(26)23-12-7-17-31(27,28)25-15-13-24(14-16-25)19-8-3-2-4-9-19/h2-6,8-11H,7,12-18H2,1H3,(H,23,26). The van der Waals surface area contributed by atoms with E-state index in [1.165, 1.54) is 7.11 Å². The van der Waals surface area contributed by atoms with Crippen LogP contribution in [0.5, 0.6) is 11.5 Å². The van der Waals surface area contributed by atoms with Crippen LogP contribution in [0.15, 0.2) is 54.6 Å². The Hall–Kier alpha value is -2.78. The molecule has 1 N–H and O–H groups in total. The van der Waals surface area contributed by atoms with Crippen LogP contribution in [-0.2, 0) is 14.8 Å². The maximum Gasteiger partial charge on any atom is 0.257 e. The zero-order chi connectivity index (χ0) is 22.1. The number of methoxy groups -OCH3 is 1. The Morgan fingerprint density at radius 2 is 1.61 bits per heavy atom. The molecule has 8 nitrogen and oxygen atoms in total. The van der Waals surface area contributed by atoms with Crippen LogP contribution in [0.25, 0.3) is 0 Å². The minimum atomic E-state index is -3.34. The highest BCUT2D eigenvalue weighted by Crippen LogP contribution is 2.25. The van der Waals surface area contributed by atoms with Crippen LogP contribution in [0, 0.1) is 0 Å². The molecule has 1 heterocycles. The minimum Gasteiger partial charge on any atom is -0.493 e. The van der Waals surface area contributed by atoms with E-state index in [0.29, 0.717) is 44.1 Å². The van der Waals surface area contributed by atoms with Crippen molar-refractivity contribution in [1.29, 1.82) is 0 Å². The van der Waals surface area contributed by atoms with Crippen molar-refractivity contribution < 1.29 is 22.7 Å². The molecular formula is C22H29N3O5S. The number of amides is 1. The number of para-hydroxylation sites is 3. The van der Waals surface area contributed by atoms with Crippen LogP contribution >= 0.6 is 0 Å². The highest BCUT2D eigenvalue weighted by atomic mass is 32.2. The minimum absolute atomic E-state index is 0.00593. The highest BCUT2D eigenvalue weighted by Gasteiger charge is 2.26. The topological polar surface area (TPSA) is 88.2 Å². The Labute approximate surface area is 183 Å². The van der Waals surface area contributed by atoms with E-state index < -0.39 is 10.0 Å². The Balaban J connectivity index is 1.35. The van der Waals surface area contributed by atoms with Gasteiger partial charge in [0.25, 0.3) is 5.91 Å². The van der Waals surface area contributed by atoms with Gasteiger partial charge in [0.05, 0.1) is 12.9 Å². The van der Waals surface area contributed by atoms with Crippen LogP contribution in [0.4, 0.5) is 5.69 Å². The van der Waals surface area contributed by atoms with Crippen molar-refractivity contribution in [2.75, 3.05) is 57.1 Å². The van der Waals surface area contributed by atoms with Gasteiger partial charge in [-0.15, -0.1) is 0 Å². The van der Waals surface area contributed by atoms with Crippen molar-refractivity contribution in [3.05, 3.63) is 54.6 Å². The Morgan fingerprint density at radius 1 is 0.968 bits per heavy atom. The van der Waals surface area contributed by atoms with Crippen molar-refractivity contribution in [2.24, 2.45) is 0 Å². The summed E-state index contributed by atoms with van der Waals surface area (Å²) in [5.74, 6) is 0.734. The highest BCUT2D eigenvalue weighted by molar-refractivity contribution is 7.89. The monoisotopic (exact) mass is 447 g/mol. The number of hydrogen-bond donors (Lipinski definition) is 1. The predicted molar refractivity (Wildman–Crippen MR) is 120 cm³/mol. The fraction of sp³-hybridized carbons (Fsp3) is 0.409. The van der Waals surface area contributed by atoms with E-state index in [0.717, 1.165) is 5.69 Å². The fourth-order valence-corrected chi connectivity index (χ4v) is 4.89. The number of nitrogens with one attached hydrogen (secondary N) is 1. The summed E-state index contributed by atoms with van der Waals surface area (Å²) in [6.45, 7) is 2.39. The number of hydrogen-bond acceptors (Lipinski definition) is 6. The number of carbonyl (C=O) groups excluding carboxylic acids is 1. The van der Waals surface area contributed by atoms with E-state index in [1.54, 1.807) is 22.5 Å². The molecule has 0 atom stereocenters. The average Bonchev–Trinajstić information content (AvgIpc) is 2.81. The lowest BCUT2D eigenvalue weighted by Crippen LogP contribution is -2.49. The van der Waals surface area contributed by atoms with E-state index >= 15 is 0 Å². The predicted octanol–water partition coefficient (Wildman–Crippen LogP) is 1.73. The van der Waals surface area contributed by atoms with Crippen LogP contribution in [0.3, 0.4) is 0 Å². The van der Waals surface area contributed by atoms with Gasteiger partial charge in [0.15, 0.2) is 18.1 Å². The zero-order valence-electron chi connectivity index (χ0n) is 17.7. The molecule has 31 heavy (non-hydrogen) atoms. The number of benzene rings is 2. The van der Waals surface area contributed by atoms with Crippen molar-refractivity contribution in [3.63, 3.8) is 0 Å². The summed E-state index contributed by atoms with van der Waals surface area (Å²) >= 11 is 0. The Kier molecular flexibility index (Phi) is 8.13. The van der Waals surface area contributed by atoms with Crippen LogP contribution in [-0.4, -0.2) is 70.8 Å². The van der Waals surface area contributed by atoms with Crippen LogP contribution < -0.4 is 19.7 Å². The second-order valence-corrected chi connectivity index (χ2v) is 9.27. The van der Waals surface area contributed by atoms with E-state index in [2.05, 4.69) is 10.2 Å². The molecule has 0 aromatic heterocycles. The summed E-state index contributed by atoms with van der Waals surface area (Å²) in [5.41, 5.74) is 1.11. The van der Waals surface area contributed by atoms with Gasteiger partial charge in [0.2, 0.25) is 10.0 Å². The van der Waals surface area contributed by atoms with Gasteiger partial charge in [-0.25, -0.2) is 8.42 Å². The molecule has 0 spiro atoms. The fourth-order valence-electron chi connectivity index (χ4n) is 3.41. The summed E-state index contributed by atoms with van der Waals surface area (Å²) in [5, 5.41) is 2.70. The van der Waals surface area contributed by atoms with Crippen molar-refractivity contribution in [2.45, 2.75) is 6.42 Å². The summed E-state index contributed by atoms with van der Waals surface area (Å²) in [6.07, 6.45) is 0.349. The summed E-state index contributed by atoms with van der Waals surface area (Å²) in [7, 11) is -1.81. The first-order chi connectivity index (χ1) is 15.0. The average molecular weight is 448 g/mol. The van der Waals surface area contributed by atoms with Gasteiger partial charge in [0.1, 0.15) is 0 Å². The number of sulfonamides is 1. The second kappa shape index (κ2) is 11.0. The van der Waals surface area contributed by atoms with Gasteiger partial charge in [-0.05, 0) is 30.7 Å². The molecule has 3 rings (SSSR count). The van der Waals surface area contributed by atoms with Crippen LogP contribution in [0.1, 0.15) is 6.42 Å². The number of ether oxygens (including phenoxy) is 2. The smallest absolute Gasteiger partial charge is 0.257 e. The molecule has 2 aromatic carbocycles. The van der Waals surface area contributed by atoms with Gasteiger partial charge in [-0.3, -0.25) is 4.79 Å². The van der Waals surface area contributed by atoms with E-state index in [9.17, 15) is 13.2 Å². The zero-order valence-corrected chi connectivity index (χ0v) is 18.5. The quantitative estimate of drug-likeness (QED) is 0.558. The summed E-state index contributed by atoms with van der Waals surface area (Å²) < 4.78 is 37.4. The van der Waals surface area contributed by atoms with Crippen molar-refractivity contribution in [3.8, 4) is 11.5 Å². The third kappa shape index (κ3) is 6.60. The van der Waals surface area contributed by atoms with Gasteiger partial charge >= 0.3 is 0 Å². The largest absolute Gasteiger partial charge is 0.493 e. The van der Waals surface area contributed by atoms with Gasteiger partial charge in [0, 0.05) is 38.4 Å². The molecule has 2 aromatic rings. The van der Waals surface area contributed by atoms with E-state index in [-0.39, 0.29) is 24.8 Å². The third-order valence-corrected chi connectivity index (χ3v) is 7.04. The number of anilines is 1. The number of piperazine rings is 1. The molecule has 9 heteroatoms. The molecule has 1 fully saturated rings. The van der Waals surface area contributed by atoms with Crippen molar-refractivity contribution >= 4 is 21.6 Å². The first kappa shape index (κ1) is 22.9. The maximum atomic E-state index is 12.6. The lowest BCUT2D eigenvalue weighted by atomic mass is 10.2. The molecule has 168 valence electrons. The van der Waals surface area contributed by atoms with Crippen LogP contribution in [0.2, 0.25) is 0 Å². The van der Waals surface area contributed by atoms with E-state index in [1.807, 2.05) is 36.4 Å². The first-order valence-corrected chi connectivity index (χ1v) is 11.9. The third-order valence-electron chi connectivity index (χ3n) is 5.08. The second-order valence-electron chi connectivity index (χ2n) is 7.18. The summed E-state index contributed by atoms with van der Waals surface area (Å²) in [6, 6.07) is 17.1. The lowest BCUT2D eigenvalue weighted by Gasteiger charge is -2.35. The molecule has 1 aliphatic heterocycles. The number of nitrogens with zero attached hydrogens (tertiary/aromatic N) is 2. The molecule has 1 amide bonds. The molecular weight excluding hydrogens is 418 g/mol. The molecule has 0 aliphatic carbocycles. The molecule has 1 aliphatic rings.